The van der Waals surface area contributed by atoms with Gasteiger partial charge in [-0.3, -0.25) is 14.6 Å². The lowest BCUT2D eigenvalue weighted by Gasteiger charge is -2.16. The van der Waals surface area contributed by atoms with Crippen molar-refractivity contribution in [3.63, 3.8) is 0 Å². The summed E-state index contributed by atoms with van der Waals surface area (Å²) >= 11 is 8.18. The fourth-order valence-electron chi connectivity index (χ4n) is 4.05. The van der Waals surface area contributed by atoms with Crippen LogP contribution >= 0.6 is 22.9 Å². The van der Waals surface area contributed by atoms with E-state index in [9.17, 15) is 9.59 Å². The minimum atomic E-state index is -1.08. The van der Waals surface area contributed by atoms with Gasteiger partial charge in [0, 0.05) is 23.7 Å². The van der Waals surface area contributed by atoms with Crippen LogP contribution in [0.2, 0.25) is 5.02 Å². The molecule has 0 amide bonds. The number of rotatable bonds is 10. The molecule has 2 aromatic heterocycles. The van der Waals surface area contributed by atoms with E-state index in [2.05, 4.69) is 44.5 Å². The van der Waals surface area contributed by atoms with Crippen LogP contribution in [0.25, 0.3) is 11.3 Å². The molecular weight excluding hydrogens is 526 g/mol. The summed E-state index contributed by atoms with van der Waals surface area (Å²) in [5, 5.41) is 30.1. The summed E-state index contributed by atoms with van der Waals surface area (Å²) in [5.41, 5.74) is 6.78. The van der Waals surface area contributed by atoms with Crippen molar-refractivity contribution in [2.75, 3.05) is 30.3 Å². The Morgan fingerprint density at radius 1 is 1.05 bits per heavy atom. The average molecular weight is 558 g/mol. The quantitative estimate of drug-likeness (QED) is 0.235. The molecule has 1 saturated carbocycles. The third kappa shape index (κ3) is 8.41. The highest BCUT2D eigenvalue weighted by atomic mass is 35.5. The maximum atomic E-state index is 9.64. The Balaban J connectivity index is 0.000000368. The highest BCUT2D eigenvalue weighted by Crippen LogP contribution is 2.32. The minimum Gasteiger partial charge on any atom is -0.481 e. The van der Waals surface area contributed by atoms with E-state index in [1.54, 1.807) is 11.3 Å². The number of pyridine rings is 1. The summed E-state index contributed by atoms with van der Waals surface area (Å²) in [4.78, 5) is 28.6. The second-order valence-electron chi connectivity index (χ2n) is 9.35. The van der Waals surface area contributed by atoms with Crippen molar-refractivity contribution in [3.05, 3.63) is 57.7 Å². The molecule has 0 bridgehead atoms. The Kier molecular flexibility index (Phi) is 9.91. The van der Waals surface area contributed by atoms with Crippen molar-refractivity contribution >= 4 is 45.7 Å². The van der Waals surface area contributed by atoms with E-state index in [0.29, 0.717) is 6.54 Å². The van der Waals surface area contributed by atoms with Crippen LogP contribution in [0, 0.1) is 5.92 Å². The summed E-state index contributed by atoms with van der Waals surface area (Å²) in [6.07, 6.45) is 6.04. The molecule has 202 valence electrons. The summed E-state index contributed by atoms with van der Waals surface area (Å²) in [6.45, 7) is 3.69. The fraction of sp³-hybridized carbons (Fsp3) is 0.407. The first-order valence-corrected chi connectivity index (χ1v) is 14.0. The summed E-state index contributed by atoms with van der Waals surface area (Å²) in [7, 11) is 0. The Bertz CT molecular complexity index is 1230. The summed E-state index contributed by atoms with van der Waals surface area (Å²) in [6, 6.07) is 8.32. The Labute approximate surface area is 230 Å². The van der Waals surface area contributed by atoms with Crippen LogP contribution in [0.5, 0.6) is 0 Å². The summed E-state index contributed by atoms with van der Waals surface area (Å²) in [5.74, 6) is -1.31. The number of carboxylic acids is 2. The molecule has 2 aliphatic rings. The topological polar surface area (TPSA) is 136 Å². The molecule has 1 aliphatic heterocycles. The number of benzene rings is 1. The Morgan fingerprint density at radius 2 is 1.82 bits per heavy atom. The van der Waals surface area contributed by atoms with Crippen molar-refractivity contribution in [1.82, 2.24) is 15.3 Å². The van der Waals surface area contributed by atoms with Crippen molar-refractivity contribution in [1.29, 1.82) is 0 Å². The SMILES string of the molecule is Clc1ccc2c(c1NCc1ccc(-c3csc(NCC4CC4)n3)cn1)CCNCC2.O=C(O)CCC(=O)O. The highest BCUT2D eigenvalue weighted by Gasteiger charge is 2.21. The number of aliphatic carboxylic acids is 2. The van der Waals surface area contributed by atoms with E-state index < -0.39 is 11.9 Å². The number of carboxylic acid groups (broad SMARTS) is 2. The van der Waals surface area contributed by atoms with Gasteiger partial charge in [-0.2, -0.15) is 0 Å². The number of nitrogens with zero attached hydrogens (tertiary/aromatic N) is 2. The zero-order valence-electron chi connectivity index (χ0n) is 21.0. The van der Waals surface area contributed by atoms with E-state index in [1.165, 1.54) is 24.0 Å². The van der Waals surface area contributed by atoms with Crippen molar-refractivity contribution in [2.24, 2.45) is 5.92 Å². The second-order valence-corrected chi connectivity index (χ2v) is 10.6. The van der Waals surface area contributed by atoms with E-state index in [1.807, 2.05) is 12.3 Å². The molecular formula is C27H32ClN5O4S. The van der Waals surface area contributed by atoms with Gasteiger partial charge in [0.05, 0.1) is 41.5 Å². The Morgan fingerprint density at radius 3 is 2.50 bits per heavy atom. The predicted octanol–water partition coefficient (Wildman–Crippen LogP) is 4.92. The van der Waals surface area contributed by atoms with Crippen LogP contribution in [0.15, 0.2) is 35.8 Å². The lowest BCUT2D eigenvalue weighted by Crippen LogP contribution is -2.16. The number of thiazole rings is 1. The molecule has 38 heavy (non-hydrogen) atoms. The van der Waals surface area contributed by atoms with Gasteiger partial charge in [0.1, 0.15) is 0 Å². The van der Waals surface area contributed by atoms with Gasteiger partial charge in [-0.05, 0) is 74.0 Å². The van der Waals surface area contributed by atoms with Crippen LogP contribution in [0.4, 0.5) is 10.8 Å². The maximum absolute atomic E-state index is 9.64. The first kappa shape index (κ1) is 27.8. The van der Waals surface area contributed by atoms with E-state index >= 15 is 0 Å². The molecule has 0 saturated heterocycles. The molecule has 9 nitrogen and oxygen atoms in total. The molecule has 1 fully saturated rings. The molecule has 5 N–H and O–H groups in total. The lowest BCUT2D eigenvalue weighted by atomic mass is 10.0. The summed E-state index contributed by atoms with van der Waals surface area (Å²) < 4.78 is 0. The van der Waals surface area contributed by atoms with Gasteiger partial charge >= 0.3 is 11.9 Å². The standard InChI is InChI=1S/C23H26ClN5S.C4H6O4/c24-20-6-4-16-7-9-25-10-8-19(16)22(20)27-13-18-5-3-17(12-26-18)21-14-30-23(29-21)28-11-15-1-2-15;5-3(6)1-2-4(7)8/h3-6,12,14-15,25,27H,1-2,7-11,13H2,(H,28,29);1-2H2,(H,5,6)(H,7,8). The molecule has 3 heterocycles. The molecule has 0 atom stereocenters. The first-order valence-electron chi connectivity index (χ1n) is 12.7. The number of carbonyl (C=O) groups is 2. The molecule has 1 aromatic carbocycles. The van der Waals surface area contributed by atoms with Gasteiger partial charge < -0.3 is 26.2 Å². The van der Waals surface area contributed by atoms with Crippen molar-refractivity contribution in [2.45, 2.75) is 45.1 Å². The van der Waals surface area contributed by atoms with Crippen molar-refractivity contribution < 1.29 is 19.8 Å². The first-order chi connectivity index (χ1) is 18.4. The number of aromatic nitrogens is 2. The van der Waals surface area contributed by atoms with Gasteiger partial charge in [0.15, 0.2) is 5.13 Å². The normalized spacial score (nSPS) is 14.4. The molecule has 0 unspecified atom stereocenters. The fourth-order valence-corrected chi connectivity index (χ4v) is 5.02. The number of anilines is 2. The number of nitrogens with one attached hydrogen (secondary N) is 3. The Hall–Kier alpha value is -3.21. The predicted molar refractivity (Wildman–Crippen MR) is 150 cm³/mol. The van der Waals surface area contributed by atoms with Gasteiger partial charge in [-0.25, -0.2) is 4.98 Å². The number of halogens is 1. The van der Waals surface area contributed by atoms with Gasteiger partial charge in [-0.15, -0.1) is 11.3 Å². The molecule has 11 heteroatoms. The van der Waals surface area contributed by atoms with E-state index in [0.717, 1.165) is 71.2 Å². The van der Waals surface area contributed by atoms with Crippen LogP contribution in [0.1, 0.15) is 42.5 Å². The van der Waals surface area contributed by atoms with Crippen molar-refractivity contribution in [3.8, 4) is 11.3 Å². The number of fused-ring (bicyclic) bond motifs is 1. The molecule has 5 rings (SSSR count). The average Bonchev–Trinajstić information content (AvgIpc) is 3.67. The highest BCUT2D eigenvalue weighted by molar-refractivity contribution is 7.14. The second kappa shape index (κ2) is 13.5. The van der Waals surface area contributed by atoms with E-state index in [4.69, 9.17) is 26.8 Å². The van der Waals surface area contributed by atoms with Gasteiger partial charge in [0.25, 0.3) is 0 Å². The third-order valence-corrected chi connectivity index (χ3v) is 7.46. The van der Waals surface area contributed by atoms with E-state index in [-0.39, 0.29) is 12.8 Å². The van der Waals surface area contributed by atoms with Gasteiger partial charge in [-0.1, -0.05) is 17.7 Å². The molecule has 0 spiro atoms. The number of hydrogen-bond acceptors (Lipinski definition) is 8. The zero-order chi connectivity index (χ0) is 26.9. The smallest absolute Gasteiger partial charge is 0.303 e. The minimum absolute atomic E-state index is 0.296. The molecule has 0 radical (unpaired) electrons. The zero-order valence-corrected chi connectivity index (χ0v) is 22.6. The van der Waals surface area contributed by atoms with Crippen LogP contribution < -0.4 is 16.0 Å². The number of hydrogen-bond donors (Lipinski definition) is 5. The third-order valence-electron chi connectivity index (χ3n) is 6.34. The molecule has 1 aliphatic carbocycles. The lowest BCUT2D eigenvalue weighted by molar-refractivity contribution is -0.143. The molecule has 3 aromatic rings. The van der Waals surface area contributed by atoms with Crippen LogP contribution in [-0.4, -0.2) is 51.8 Å². The van der Waals surface area contributed by atoms with Crippen LogP contribution in [0.3, 0.4) is 0 Å². The largest absolute Gasteiger partial charge is 0.481 e. The van der Waals surface area contributed by atoms with Crippen LogP contribution in [-0.2, 0) is 29.0 Å². The monoisotopic (exact) mass is 557 g/mol. The van der Waals surface area contributed by atoms with Gasteiger partial charge in [0.2, 0.25) is 0 Å². The maximum Gasteiger partial charge on any atom is 0.303 e.